The molecule has 1 heterocycles. The summed E-state index contributed by atoms with van der Waals surface area (Å²) in [5.74, 6) is -1.91. The molecule has 1 aromatic rings. The van der Waals surface area contributed by atoms with Gasteiger partial charge < -0.3 is 4.90 Å². The standard InChI is InChI=1S/C15H17F4NO/c1-9-5-4-8-20(10(9)2)14(21)11-6-3-7-12(13(11)16)15(17,18)19/h3,6-7,9-10H,4-5,8H2,1-2H3. The number of alkyl halides is 3. The number of piperidine rings is 1. The SMILES string of the molecule is CC1CCCN(C(=O)c2cccc(C(F)(F)F)c2F)C1C. The van der Waals surface area contributed by atoms with E-state index in [0.717, 1.165) is 25.0 Å². The van der Waals surface area contributed by atoms with E-state index in [1.165, 1.54) is 4.90 Å². The van der Waals surface area contributed by atoms with Gasteiger partial charge in [0, 0.05) is 12.6 Å². The lowest BCUT2D eigenvalue weighted by molar-refractivity contribution is -0.140. The molecule has 0 radical (unpaired) electrons. The summed E-state index contributed by atoms with van der Waals surface area (Å²) >= 11 is 0. The van der Waals surface area contributed by atoms with Gasteiger partial charge in [-0.1, -0.05) is 13.0 Å². The fourth-order valence-electron chi connectivity index (χ4n) is 2.69. The van der Waals surface area contributed by atoms with Crippen LogP contribution in [0.2, 0.25) is 0 Å². The predicted molar refractivity (Wildman–Crippen MR) is 70.3 cm³/mol. The topological polar surface area (TPSA) is 20.3 Å². The number of halogens is 4. The van der Waals surface area contributed by atoms with Crippen LogP contribution in [0, 0.1) is 11.7 Å². The van der Waals surface area contributed by atoms with Gasteiger partial charge in [-0.2, -0.15) is 13.2 Å². The molecule has 1 amide bonds. The van der Waals surface area contributed by atoms with Gasteiger partial charge in [-0.05, 0) is 37.8 Å². The minimum atomic E-state index is -4.80. The van der Waals surface area contributed by atoms with E-state index < -0.39 is 29.0 Å². The summed E-state index contributed by atoms with van der Waals surface area (Å²) in [5.41, 5.74) is -1.91. The van der Waals surface area contributed by atoms with E-state index in [9.17, 15) is 22.4 Å². The maximum atomic E-state index is 14.0. The third kappa shape index (κ3) is 3.04. The summed E-state index contributed by atoms with van der Waals surface area (Å²) < 4.78 is 52.2. The Morgan fingerprint density at radius 2 is 1.95 bits per heavy atom. The molecule has 2 atom stereocenters. The van der Waals surface area contributed by atoms with Gasteiger partial charge in [0.1, 0.15) is 5.82 Å². The maximum absolute atomic E-state index is 14.0. The lowest BCUT2D eigenvalue weighted by Gasteiger charge is -2.38. The molecular weight excluding hydrogens is 286 g/mol. The minimum absolute atomic E-state index is 0.111. The molecule has 0 bridgehead atoms. The van der Waals surface area contributed by atoms with Crippen LogP contribution in [0.15, 0.2) is 18.2 Å². The molecular formula is C15H17F4NO. The van der Waals surface area contributed by atoms with Gasteiger partial charge in [0.15, 0.2) is 0 Å². The molecule has 1 aromatic carbocycles. The molecule has 0 aromatic heterocycles. The maximum Gasteiger partial charge on any atom is 0.419 e. The summed E-state index contributed by atoms with van der Waals surface area (Å²) in [6.45, 7) is 4.26. The van der Waals surface area contributed by atoms with E-state index in [1.54, 1.807) is 0 Å². The van der Waals surface area contributed by atoms with E-state index in [4.69, 9.17) is 0 Å². The second-order valence-corrected chi connectivity index (χ2v) is 5.52. The number of hydrogen-bond acceptors (Lipinski definition) is 1. The Morgan fingerprint density at radius 1 is 1.29 bits per heavy atom. The summed E-state index contributed by atoms with van der Waals surface area (Å²) in [4.78, 5) is 13.8. The zero-order chi connectivity index (χ0) is 15.8. The summed E-state index contributed by atoms with van der Waals surface area (Å²) in [6, 6.07) is 2.71. The molecule has 0 N–H and O–H groups in total. The Morgan fingerprint density at radius 3 is 2.57 bits per heavy atom. The quantitative estimate of drug-likeness (QED) is 0.715. The molecule has 0 aliphatic carbocycles. The van der Waals surface area contributed by atoms with Crippen molar-refractivity contribution in [3.63, 3.8) is 0 Å². The lowest BCUT2D eigenvalue weighted by atomic mass is 9.91. The normalized spacial score (nSPS) is 23.2. The summed E-state index contributed by atoms with van der Waals surface area (Å²) in [7, 11) is 0. The average molecular weight is 303 g/mol. The van der Waals surface area contributed by atoms with Gasteiger partial charge in [-0.15, -0.1) is 0 Å². The molecule has 116 valence electrons. The number of carbonyl (C=O) groups excluding carboxylic acids is 1. The second-order valence-electron chi connectivity index (χ2n) is 5.52. The molecule has 1 aliphatic heterocycles. The molecule has 0 saturated carbocycles. The van der Waals surface area contributed by atoms with Crippen molar-refractivity contribution in [2.75, 3.05) is 6.54 Å². The van der Waals surface area contributed by atoms with Crippen LogP contribution in [0.1, 0.15) is 42.6 Å². The minimum Gasteiger partial charge on any atom is -0.336 e. The first-order chi connectivity index (χ1) is 9.73. The van der Waals surface area contributed by atoms with Gasteiger partial charge >= 0.3 is 6.18 Å². The average Bonchev–Trinajstić information content (AvgIpc) is 2.40. The van der Waals surface area contributed by atoms with Crippen molar-refractivity contribution in [2.45, 2.75) is 38.9 Å². The molecule has 1 fully saturated rings. The van der Waals surface area contributed by atoms with Crippen molar-refractivity contribution in [2.24, 2.45) is 5.92 Å². The Hall–Kier alpha value is -1.59. The van der Waals surface area contributed by atoms with Gasteiger partial charge in [0.25, 0.3) is 5.91 Å². The van der Waals surface area contributed by atoms with Crippen molar-refractivity contribution < 1.29 is 22.4 Å². The van der Waals surface area contributed by atoms with Crippen molar-refractivity contribution in [3.8, 4) is 0 Å². The number of rotatable bonds is 1. The fourth-order valence-corrected chi connectivity index (χ4v) is 2.69. The highest BCUT2D eigenvalue weighted by molar-refractivity contribution is 5.95. The Bertz CT molecular complexity index is 541. The number of hydrogen-bond donors (Lipinski definition) is 0. The molecule has 2 unspecified atom stereocenters. The molecule has 0 spiro atoms. The number of nitrogens with zero attached hydrogens (tertiary/aromatic N) is 1. The molecule has 2 rings (SSSR count). The predicted octanol–water partition coefficient (Wildman–Crippen LogP) is 4.11. The third-order valence-corrected chi connectivity index (χ3v) is 4.17. The van der Waals surface area contributed by atoms with Crippen LogP contribution < -0.4 is 0 Å². The molecule has 1 saturated heterocycles. The Labute approximate surface area is 120 Å². The number of likely N-dealkylation sites (tertiary alicyclic amines) is 1. The summed E-state index contributed by atoms with van der Waals surface area (Å²) in [5, 5.41) is 0. The highest BCUT2D eigenvalue weighted by Gasteiger charge is 2.37. The van der Waals surface area contributed by atoms with Crippen molar-refractivity contribution in [1.29, 1.82) is 0 Å². The number of benzene rings is 1. The Kier molecular flexibility index (Phi) is 4.25. The van der Waals surface area contributed by atoms with Crippen molar-refractivity contribution in [3.05, 3.63) is 35.1 Å². The van der Waals surface area contributed by atoms with Crippen LogP contribution in [-0.2, 0) is 6.18 Å². The Balaban J connectivity index is 2.36. The van der Waals surface area contributed by atoms with Crippen LogP contribution >= 0.6 is 0 Å². The van der Waals surface area contributed by atoms with Crippen LogP contribution in [0.5, 0.6) is 0 Å². The molecule has 2 nitrogen and oxygen atoms in total. The van der Waals surface area contributed by atoms with Gasteiger partial charge in [-0.3, -0.25) is 4.79 Å². The molecule has 6 heteroatoms. The number of amides is 1. The van der Waals surface area contributed by atoms with Gasteiger partial charge in [0.2, 0.25) is 0 Å². The van der Waals surface area contributed by atoms with Gasteiger partial charge in [0.05, 0.1) is 11.1 Å². The van der Waals surface area contributed by atoms with E-state index in [1.807, 2.05) is 13.8 Å². The van der Waals surface area contributed by atoms with Crippen LogP contribution in [0.3, 0.4) is 0 Å². The first-order valence-electron chi connectivity index (χ1n) is 6.90. The van der Waals surface area contributed by atoms with E-state index in [-0.39, 0.29) is 12.0 Å². The van der Waals surface area contributed by atoms with Crippen LogP contribution in [0.4, 0.5) is 17.6 Å². The first kappa shape index (κ1) is 15.8. The van der Waals surface area contributed by atoms with Crippen LogP contribution in [-0.4, -0.2) is 23.4 Å². The number of carbonyl (C=O) groups is 1. The third-order valence-electron chi connectivity index (χ3n) is 4.17. The van der Waals surface area contributed by atoms with Crippen molar-refractivity contribution >= 4 is 5.91 Å². The fraction of sp³-hybridized carbons (Fsp3) is 0.533. The van der Waals surface area contributed by atoms with Gasteiger partial charge in [-0.25, -0.2) is 4.39 Å². The zero-order valence-corrected chi connectivity index (χ0v) is 11.9. The first-order valence-corrected chi connectivity index (χ1v) is 6.90. The highest BCUT2D eigenvalue weighted by Crippen LogP contribution is 2.33. The summed E-state index contributed by atoms with van der Waals surface area (Å²) in [6.07, 6.45) is -3.07. The van der Waals surface area contributed by atoms with Crippen LogP contribution in [0.25, 0.3) is 0 Å². The van der Waals surface area contributed by atoms with Crippen molar-refractivity contribution in [1.82, 2.24) is 4.90 Å². The largest absolute Gasteiger partial charge is 0.419 e. The van der Waals surface area contributed by atoms with E-state index >= 15 is 0 Å². The monoisotopic (exact) mass is 303 g/mol. The highest BCUT2D eigenvalue weighted by atomic mass is 19.4. The molecule has 1 aliphatic rings. The molecule has 21 heavy (non-hydrogen) atoms. The lowest BCUT2D eigenvalue weighted by Crippen LogP contribution is -2.46. The smallest absolute Gasteiger partial charge is 0.336 e. The second kappa shape index (κ2) is 5.66. The van der Waals surface area contributed by atoms with E-state index in [0.29, 0.717) is 12.6 Å². The zero-order valence-electron chi connectivity index (χ0n) is 11.9. The van der Waals surface area contributed by atoms with E-state index in [2.05, 4.69) is 0 Å².